The van der Waals surface area contributed by atoms with Gasteiger partial charge in [-0.3, -0.25) is 9.52 Å². The van der Waals surface area contributed by atoms with E-state index in [1.54, 1.807) is 17.4 Å². The summed E-state index contributed by atoms with van der Waals surface area (Å²) in [6.07, 6.45) is 0. The van der Waals surface area contributed by atoms with Crippen LogP contribution in [0, 0.1) is 20.8 Å². The summed E-state index contributed by atoms with van der Waals surface area (Å²) in [6, 6.07) is 13.4. The first-order valence-corrected chi connectivity index (χ1v) is 11.1. The standard InChI is InChI=1S/C21H22N2O3S2/c1-14-5-4-6-19(16(14)3)23-28(25,26)18-9-7-17(8-10-18)21(24)22-13-20-15(2)11-12-27-20/h4-12,23H,13H2,1-3H3,(H,22,24). The molecule has 0 radical (unpaired) electrons. The van der Waals surface area contributed by atoms with Crippen molar-refractivity contribution in [2.24, 2.45) is 0 Å². The summed E-state index contributed by atoms with van der Waals surface area (Å²) in [5.74, 6) is -0.237. The summed E-state index contributed by atoms with van der Waals surface area (Å²) in [7, 11) is -3.73. The molecule has 5 nitrogen and oxygen atoms in total. The van der Waals surface area contributed by atoms with Gasteiger partial charge >= 0.3 is 0 Å². The Labute approximate surface area is 169 Å². The van der Waals surface area contributed by atoms with E-state index in [2.05, 4.69) is 10.0 Å². The average Bonchev–Trinajstić information content (AvgIpc) is 3.08. The molecule has 0 atom stereocenters. The Hall–Kier alpha value is -2.64. The van der Waals surface area contributed by atoms with Crippen molar-refractivity contribution in [2.75, 3.05) is 4.72 Å². The minimum atomic E-state index is -3.73. The number of anilines is 1. The Bertz CT molecular complexity index is 1100. The normalized spacial score (nSPS) is 11.2. The molecule has 0 bridgehead atoms. The van der Waals surface area contributed by atoms with E-state index >= 15 is 0 Å². The number of hydrogen-bond donors (Lipinski definition) is 2. The molecule has 3 aromatic rings. The molecule has 0 spiro atoms. The molecule has 2 aromatic carbocycles. The fourth-order valence-corrected chi connectivity index (χ4v) is 4.67. The highest BCUT2D eigenvalue weighted by atomic mass is 32.2. The lowest BCUT2D eigenvalue weighted by Crippen LogP contribution is -2.22. The zero-order valence-corrected chi connectivity index (χ0v) is 17.6. The second-order valence-corrected chi connectivity index (χ2v) is 9.27. The number of carbonyl (C=O) groups is 1. The van der Waals surface area contributed by atoms with Crippen molar-refractivity contribution in [1.82, 2.24) is 5.32 Å². The third kappa shape index (κ3) is 4.43. The van der Waals surface area contributed by atoms with Crippen LogP contribution in [0.3, 0.4) is 0 Å². The summed E-state index contributed by atoms with van der Waals surface area (Å²) in [4.78, 5) is 13.5. The summed E-state index contributed by atoms with van der Waals surface area (Å²) < 4.78 is 27.9. The van der Waals surface area contributed by atoms with Crippen molar-refractivity contribution in [3.8, 4) is 0 Å². The van der Waals surface area contributed by atoms with Gasteiger partial charge in [-0.2, -0.15) is 0 Å². The van der Waals surface area contributed by atoms with Crippen LogP contribution in [0.4, 0.5) is 5.69 Å². The second-order valence-electron chi connectivity index (χ2n) is 6.59. The van der Waals surface area contributed by atoms with E-state index in [9.17, 15) is 13.2 Å². The molecule has 1 amide bonds. The van der Waals surface area contributed by atoms with Crippen molar-refractivity contribution in [3.05, 3.63) is 81.0 Å². The van der Waals surface area contributed by atoms with Gasteiger partial charge in [-0.15, -0.1) is 11.3 Å². The fraction of sp³-hybridized carbons (Fsp3) is 0.190. The van der Waals surface area contributed by atoms with Gasteiger partial charge in [0.1, 0.15) is 0 Å². The lowest BCUT2D eigenvalue weighted by atomic mass is 10.1. The van der Waals surface area contributed by atoms with Crippen LogP contribution >= 0.6 is 11.3 Å². The van der Waals surface area contributed by atoms with Crippen molar-refractivity contribution >= 4 is 33.0 Å². The molecule has 0 saturated carbocycles. The van der Waals surface area contributed by atoms with E-state index in [4.69, 9.17) is 0 Å². The first kappa shape index (κ1) is 20.1. The third-order valence-corrected chi connectivity index (χ3v) is 7.06. The van der Waals surface area contributed by atoms with Gasteiger partial charge in [0.25, 0.3) is 15.9 Å². The number of rotatable bonds is 6. The summed E-state index contributed by atoms with van der Waals surface area (Å²) in [5.41, 5.74) is 4.00. The van der Waals surface area contributed by atoms with E-state index < -0.39 is 10.0 Å². The van der Waals surface area contributed by atoms with Gasteiger partial charge in [0.15, 0.2) is 0 Å². The minimum Gasteiger partial charge on any atom is -0.347 e. The quantitative estimate of drug-likeness (QED) is 0.628. The van der Waals surface area contributed by atoms with Gasteiger partial charge in [-0.1, -0.05) is 12.1 Å². The van der Waals surface area contributed by atoms with Gasteiger partial charge in [0, 0.05) is 10.4 Å². The van der Waals surface area contributed by atoms with Crippen LogP contribution in [0.15, 0.2) is 58.8 Å². The van der Waals surface area contributed by atoms with Crippen LogP contribution in [0.5, 0.6) is 0 Å². The molecule has 0 aliphatic rings. The summed E-state index contributed by atoms with van der Waals surface area (Å²) >= 11 is 1.59. The van der Waals surface area contributed by atoms with Gasteiger partial charge < -0.3 is 5.32 Å². The number of nitrogens with one attached hydrogen (secondary N) is 2. The Kier molecular flexibility index (Phi) is 5.86. The number of carbonyl (C=O) groups excluding carboxylic acids is 1. The molecule has 1 aromatic heterocycles. The van der Waals surface area contributed by atoms with Crippen molar-refractivity contribution in [2.45, 2.75) is 32.2 Å². The number of benzene rings is 2. The van der Waals surface area contributed by atoms with Crippen LogP contribution in [0.2, 0.25) is 0 Å². The maximum absolute atomic E-state index is 12.7. The molecule has 0 fully saturated rings. The number of thiophene rings is 1. The van der Waals surface area contributed by atoms with Crippen molar-refractivity contribution in [1.29, 1.82) is 0 Å². The lowest BCUT2D eigenvalue weighted by Gasteiger charge is -2.12. The molecule has 2 N–H and O–H groups in total. The number of aryl methyl sites for hydroxylation is 2. The molecule has 146 valence electrons. The maximum atomic E-state index is 12.7. The van der Waals surface area contributed by atoms with E-state index in [-0.39, 0.29) is 10.8 Å². The predicted molar refractivity (Wildman–Crippen MR) is 113 cm³/mol. The molecular weight excluding hydrogens is 392 g/mol. The van der Waals surface area contributed by atoms with Gasteiger partial charge in [-0.25, -0.2) is 8.42 Å². The largest absolute Gasteiger partial charge is 0.347 e. The van der Waals surface area contributed by atoms with Crippen LogP contribution < -0.4 is 10.0 Å². The molecule has 0 unspecified atom stereocenters. The molecule has 7 heteroatoms. The molecule has 0 saturated heterocycles. The Morgan fingerprint density at radius 2 is 1.68 bits per heavy atom. The Balaban J connectivity index is 1.71. The first-order chi connectivity index (χ1) is 13.3. The lowest BCUT2D eigenvalue weighted by molar-refractivity contribution is 0.0951. The highest BCUT2D eigenvalue weighted by Gasteiger charge is 2.16. The van der Waals surface area contributed by atoms with Crippen molar-refractivity contribution < 1.29 is 13.2 Å². The number of hydrogen-bond acceptors (Lipinski definition) is 4. The fourth-order valence-electron chi connectivity index (χ4n) is 2.70. The zero-order chi connectivity index (χ0) is 20.3. The predicted octanol–water partition coefficient (Wildman–Crippen LogP) is 4.40. The van der Waals surface area contributed by atoms with Gasteiger partial charge in [0.2, 0.25) is 0 Å². The zero-order valence-electron chi connectivity index (χ0n) is 15.9. The van der Waals surface area contributed by atoms with Crippen LogP contribution in [0.1, 0.15) is 31.9 Å². The van der Waals surface area contributed by atoms with Crippen LogP contribution in [-0.2, 0) is 16.6 Å². The number of amides is 1. The Morgan fingerprint density at radius 1 is 0.964 bits per heavy atom. The van der Waals surface area contributed by atoms with Crippen LogP contribution in [0.25, 0.3) is 0 Å². The van der Waals surface area contributed by atoms with Crippen LogP contribution in [-0.4, -0.2) is 14.3 Å². The summed E-state index contributed by atoms with van der Waals surface area (Å²) in [6.45, 7) is 6.26. The van der Waals surface area contributed by atoms with E-state index in [1.807, 2.05) is 44.4 Å². The highest BCUT2D eigenvalue weighted by molar-refractivity contribution is 7.92. The monoisotopic (exact) mass is 414 g/mol. The molecule has 3 rings (SSSR count). The smallest absolute Gasteiger partial charge is 0.261 e. The van der Waals surface area contributed by atoms with Gasteiger partial charge in [-0.05, 0) is 79.2 Å². The topological polar surface area (TPSA) is 75.3 Å². The SMILES string of the molecule is Cc1ccsc1CNC(=O)c1ccc(S(=O)(=O)Nc2cccc(C)c2C)cc1. The molecule has 0 aliphatic heterocycles. The molecule has 0 aliphatic carbocycles. The maximum Gasteiger partial charge on any atom is 0.261 e. The first-order valence-electron chi connectivity index (χ1n) is 8.78. The molecule has 28 heavy (non-hydrogen) atoms. The summed E-state index contributed by atoms with van der Waals surface area (Å²) in [5, 5.41) is 4.85. The van der Waals surface area contributed by atoms with E-state index in [0.717, 1.165) is 21.6 Å². The van der Waals surface area contributed by atoms with E-state index in [1.165, 1.54) is 24.3 Å². The average molecular weight is 415 g/mol. The molecule has 1 heterocycles. The third-order valence-electron chi connectivity index (χ3n) is 4.65. The second kappa shape index (κ2) is 8.16. The minimum absolute atomic E-state index is 0.110. The van der Waals surface area contributed by atoms with Crippen molar-refractivity contribution in [3.63, 3.8) is 0 Å². The molecular formula is C21H22N2O3S2. The van der Waals surface area contributed by atoms with E-state index in [0.29, 0.717) is 17.8 Å². The number of sulfonamides is 1. The van der Waals surface area contributed by atoms with Gasteiger partial charge in [0.05, 0.1) is 17.1 Å². The highest BCUT2D eigenvalue weighted by Crippen LogP contribution is 2.22. The Morgan fingerprint density at radius 3 is 2.32 bits per heavy atom.